The third-order valence-electron chi connectivity index (χ3n) is 6.06. The van der Waals surface area contributed by atoms with Gasteiger partial charge < -0.3 is 9.30 Å². The molecule has 1 aromatic heterocycles. The summed E-state index contributed by atoms with van der Waals surface area (Å²) < 4.78 is 21.0. The molecule has 1 fully saturated rings. The van der Waals surface area contributed by atoms with Crippen molar-refractivity contribution in [1.29, 1.82) is 0 Å². The molecule has 0 N–H and O–H groups in total. The lowest BCUT2D eigenvalue weighted by molar-refractivity contribution is -0.160. The monoisotopic (exact) mass is 432 g/mol. The maximum Gasteiger partial charge on any atom is 0.152 e. The van der Waals surface area contributed by atoms with Crippen LogP contribution in [0.2, 0.25) is 0 Å². The number of benzene rings is 2. The molecule has 0 amide bonds. The summed E-state index contributed by atoms with van der Waals surface area (Å²) in [6.07, 6.45) is 6.65. The van der Waals surface area contributed by atoms with Gasteiger partial charge in [-0.25, -0.2) is 14.4 Å². The van der Waals surface area contributed by atoms with Gasteiger partial charge in [-0.2, -0.15) is 0 Å². The maximum absolute atomic E-state index is 13.4. The number of hydrogen-bond acceptors (Lipinski definition) is 5. The van der Waals surface area contributed by atoms with E-state index in [1.54, 1.807) is 25.6 Å². The van der Waals surface area contributed by atoms with Crippen molar-refractivity contribution in [3.63, 3.8) is 0 Å². The average Bonchev–Trinajstić information content (AvgIpc) is 3.39. The van der Waals surface area contributed by atoms with Crippen LogP contribution >= 0.6 is 0 Å². The van der Waals surface area contributed by atoms with Gasteiger partial charge in [-0.05, 0) is 60.9 Å². The summed E-state index contributed by atoms with van der Waals surface area (Å²) in [6, 6.07) is 12.7. The smallest absolute Gasteiger partial charge is 0.152 e. The standard InChI is InChI=1S/C25H25FN4O2/c1-17-14-29(16-28-17)22-9-4-18(13-23(22)31-3)12-19-10-11-32-30-24(19)27-15-25(30,2)20-5-7-21(26)8-6-20/h4-9,12-14,16H,10-11,15H2,1-3H3. The Morgan fingerprint density at radius 2 is 2.00 bits per heavy atom. The Labute approximate surface area is 186 Å². The summed E-state index contributed by atoms with van der Waals surface area (Å²) in [5.74, 6) is 1.35. The van der Waals surface area contributed by atoms with Crippen molar-refractivity contribution in [2.45, 2.75) is 25.8 Å². The highest BCUT2D eigenvalue weighted by Gasteiger charge is 2.44. The number of imidazole rings is 1. The average molecular weight is 432 g/mol. The minimum Gasteiger partial charge on any atom is -0.495 e. The predicted octanol–water partition coefficient (Wildman–Crippen LogP) is 4.68. The minimum atomic E-state index is -0.469. The fourth-order valence-electron chi connectivity index (χ4n) is 4.29. The van der Waals surface area contributed by atoms with Gasteiger partial charge in [0.05, 0.1) is 38.0 Å². The molecule has 1 unspecified atom stereocenters. The van der Waals surface area contributed by atoms with Crippen molar-refractivity contribution >= 4 is 11.9 Å². The van der Waals surface area contributed by atoms with Gasteiger partial charge in [0.15, 0.2) is 5.84 Å². The number of hydrogen-bond donors (Lipinski definition) is 0. The topological polar surface area (TPSA) is 51.9 Å². The highest BCUT2D eigenvalue weighted by Crippen LogP contribution is 2.38. The molecule has 0 spiro atoms. The quantitative estimate of drug-likeness (QED) is 0.601. The number of aryl methyl sites for hydroxylation is 1. The van der Waals surface area contributed by atoms with E-state index in [4.69, 9.17) is 14.6 Å². The molecule has 1 saturated heterocycles. The van der Waals surface area contributed by atoms with Gasteiger partial charge in [-0.15, -0.1) is 0 Å². The van der Waals surface area contributed by atoms with Gasteiger partial charge in [-0.3, -0.25) is 9.83 Å². The number of nitrogens with zero attached hydrogens (tertiary/aromatic N) is 4. The third-order valence-corrected chi connectivity index (χ3v) is 6.06. The molecular weight excluding hydrogens is 407 g/mol. The molecule has 164 valence electrons. The number of fused-ring (bicyclic) bond motifs is 1. The zero-order valence-electron chi connectivity index (χ0n) is 18.4. The fraction of sp³-hybridized carbons (Fsp3) is 0.280. The van der Waals surface area contributed by atoms with Gasteiger partial charge in [0, 0.05) is 12.6 Å². The van der Waals surface area contributed by atoms with Crippen LogP contribution < -0.4 is 4.74 Å². The van der Waals surface area contributed by atoms with E-state index < -0.39 is 5.54 Å². The molecule has 0 bridgehead atoms. The summed E-state index contributed by atoms with van der Waals surface area (Å²) in [5, 5.41) is 1.88. The van der Waals surface area contributed by atoms with Crippen LogP contribution in [-0.4, -0.2) is 40.7 Å². The fourth-order valence-corrected chi connectivity index (χ4v) is 4.29. The molecule has 0 aliphatic carbocycles. The normalized spacial score (nSPS) is 21.6. The first-order chi connectivity index (χ1) is 15.5. The molecule has 2 aliphatic rings. The Hall–Kier alpha value is -3.45. The van der Waals surface area contributed by atoms with Crippen LogP contribution in [0, 0.1) is 12.7 Å². The molecule has 3 heterocycles. The summed E-state index contributed by atoms with van der Waals surface area (Å²) in [5.41, 5.74) is 4.52. The summed E-state index contributed by atoms with van der Waals surface area (Å²) in [4.78, 5) is 15.1. The van der Waals surface area contributed by atoms with E-state index in [0.717, 1.165) is 46.1 Å². The van der Waals surface area contributed by atoms with Crippen LogP contribution in [-0.2, 0) is 10.4 Å². The van der Waals surface area contributed by atoms with Crippen molar-refractivity contribution in [1.82, 2.24) is 14.6 Å². The van der Waals surface area contributed by atoms with Crippen molar-refractivity contribution in [3.8, 4) is 11.4 Å². The van der Waals surface area contributed by atoms with E-state index in [0.29, 0.717) is 13.2 Å². The number of halogens is 1. The molecule has 7 heteroatoms. The number of hydroxylamine groups is 2. The summed E-state index contributed by atoms with van der Waals surface area (Å²) in [6.45, 7) is 5.14. The number of methoxy groups -OCH3 is 1. The van der Waals surface area contributed by atoms with E-state index in [2.05, 4.69) is 24.1 Å². The molecular formula is C25H25FN4O2. The highest BCUT2D eigenvalue weighted by atomic mass is 19.1. The van der Waals surface area contributed by atoms with E-state index in [9.17, 15) is 4.39 Å². The molecule has 5 rings (SSSR count). The Balaban J connectivity index is 1.45. The van der Waals surface area contributed by atoms with E-state index in [-0.39, 0.29) is 5.82 Å². The van der Waals surface area contributed by atoms with Crippen molar-refractivity contribution < 1.29 is 14.0 Å². The van der Waals surface area contributed by atoms with Crippen LogP contribution in [0.5, 0.6) is 5.75 Å². The molecule has 6 nitrogen and oxygen atoms in total. The van der Waals surface area contributed by atoms with Gasteiger partial charge in [0.25, 0.3) is 0 Å². The SMILES string of the molecule is COc1cc(C=C2CCON3C2=NCC3(C)c2ccc(F)cc2)ccc1-n1cnc(C)c1. The second-order valence-corrected chi connectivity index (χ2v) is 8.32. The van der Waals surface area contributed by atoms with Crippen molar-refractivity contribution in [2.24, 2.45) is 4.99 Å². The van der Waals surface area contributed by atoms with Gasteiger partial charge in [-0.1, -0.05) is 18.2 Å². The van der Waals surface area contributed by atoms with Crippen LogP contribution in [0.15, 0.2) is 65.6 Å². The Morgan fingerprint density at radius 3 is 2.72 bits per heavy atom. The lowest BCUT2D eigenvalue weighted by Crippen LogP contribution is -2.47. The molecule has 0 saturated carbocycles. The largest absolute Gasteiger partial charge is 0.495 e. The zero-order chi connectivity index (χ0) is 22.3. The molecule has 2 aliphatic heterocycles. The number of aromatic nitrogens is 2. The zero-order valence-corrected chi connectivity index (χ0v) is 18.4. The second kappa shape index (κ2) is 7.91. The van der Waals surface area contributed by atoms with E-state index in [1.165, 1.54) is 12.1 Å². The minimum absolute atomic E-state index is 0.250. The first-order valence-corrected chi connectivity index (χ1v) is 10.6. The number of ether oxygens (including phenoxy) is 1. The number of rotatable bonds is 4. The Morgan fingerprint density at radius 1 is 1.19 bits per heavy atom. The van der Waals surface area contributed by atoms with Crippen molar-refractivity contribution in [3.05, 3.63) is 83.2 Å². The van der Waals surface area contributed by atoms with Crippen LogP contribution in [0.1, 0.15) is 30.2 Å². The maximum atomic E-state index is 13.4. The highest BCUT2D eigenvalue weighted by molar-refractivity contribution is 6.03. The Kier molecular flexibility index (Phi) is 5.06. The van der Waals surface area contributed by atoms with Crippen LogP contribution in [0.3, 0.4) is 0 Å². The van der Waals surface area contributed by atoms with Crippen LogP contribution in [0.4, 0.5) is 4.39 Å². The number of aliphatic imine (C=N–C) groups is 1. The third kappa shape index (κ3) is 3.48. The molecule has 0 radical (unpaired) electrons. The van der Waals surface area contributed by atoms with Gasteiger partial charge in [0.1, 0.15) is 17.1 Å². The van der Waals surface area contributed by atoms with Crippen molar-refractivity contribution in [2.75, 3.05) is 20.3 Å². The van der Waals surface area contributed by atoms with Gasteiger partial charge in [0.2, 0.25) is 0 Å². The first kappa shape index (κ1) is 20.5. The molecule has 3 aromatic rings. The van der Waals surface area contributed by atoms with E-state index in [1.807, 2.05) is 34.9 Å². The van der Waals surface area contributed by atoms with Gasteiger partial charge >= 0.3 is 0 Å². The predicted molar refractivity (Wildman–Crippen MR) is 121 cm³/mol. The molecule has 32 heavy (non-hydrogen) atoms. The number of amidine groups is 1. The Bertz CT molecular complexity index is 1210. The molecule has 1 atom stereocenters. The second-order valence-electron chi connectivity index (χ2n) is 8.32. The van der Waals surface area contributed by atoms with E-state index >= 15 is 0 Å². The summed E-state index contributed by atoms with van der Waals surface area (Å²) >= 11 is 0. The lowest BCUT2D eigenvalue weighted by atomic mass is 9.92. The lowest BCUT2D eigenvalue weighted by Gasteiger charge is -2.39. The first-order valence-electron chi connectivity index (χ1n) is 10.6. The summed E-state index contributed by atoms with van der Waals surface area (Å²) in [7, 11) is 1.67. The molecule has 2 aromatic carbocycles. The van der Waals surface area contributed by atoms with Crippen LogP contribution in [0.25, 0.3) is 11.8 Å².